The van der Waals surface area contributed by atoms with Gasteiger partial charge in [0.1, 0.15) is 5.75 Å². The first kappa shape index (κ1) is 11.2. The normalized spacial score (nSPS) is 19.6. The van der Waals surface area contributed by atoms with Crippen molar-refractivity contribution in [3.8, 4) is 5.75 Å². The molecule has 88 valence electrons. The van der Waals surface area contributed by atoms with Crippen molar-refractivity contribution in [1.29, 1.82) is 0 Å². The number of phenolic OH excluding ortho intramolecular Hbond substituents is 1. The summed E-state index contributed by atoms with van der Waals surface area (Å²) in [6, 6.07) is 5.47. The number of nitrogens with one attached hydrogen (secondary N) is 1. The second-order valence-corrected chi connectivity index (χ2v) is 4.28. The Morgan fingerprint density at radius 3 is 2.75 bits per heavy atom. The van der Waals surface area contributed by atoms with E-state index in [-0.39, 0.29) is 6.04 Å². The summed E-state index contributed by atoms with van der Waals surface area (Å²) >= 11 is 0. The molecule has 4 N–H and O–H groups in total. The van der Waals surface area contributed by atoms with Gasteiger partial charge in [0.2, 0.25) is 0 Å². The van der Waals surface area contributed by atoms with Gasteiger partial charge < -0.3 is 16.2 Å². The predicted molar refractivity (Wildman–Crippen MR) is 65.4 cm³/mol. The molecule has 0 aromatic heterocycles. The highest BCUT2D eigenvalue weighted by molar-refractivity contribution is 5.48. The van der Waals surface area contributed by atoms with Crippen molar-refractivity contribution in [3.63, 3.8) is 0 Å². The molecule has 0 spiro atoms. The van der Waals surface area contributed by atoms with E-state index in [0.29, 0.717) is 11.4 Å². The Bertz CT molecular complexity index is 361. The topological polar surface area (TPSA) is 61.5 Å². The molecule has 1 aliphatic heterocycles. The first-order valence-corrected chi connectivity index (χ1v) is 5.71. The number of benzene rings is 1. The minimum atomic E-state index is 0.214. The van der Waals surface area contributed by atoms with Crippen molar-refractivity contribution in [2.45, 2.75) is 13.0 Å². The highest BCUT2D eigenvalue weighted by Crippen LogP contribution is 2.30. The molecule has 1 aromatic rings. The number of aromatic hydroxyl groups is 1. The smallest absolute Gasteiger partial charge is 0.120 e. The molecular weight excluding hydrogens is 202 g/mol. The Morgan fingerprint density at radius 1 is 1.38 bits per heavy atom. The van der Waals surface area contributed by atoms with E-state index in [1.54, 1.807) is 12.1 Å². The van der Waals surface area contributed by atoms with E-state index in [9.17, 15) is 5.11 Å². The molecule has 1 unspecified atom stereocenters. The molecule has 1 aliphatic rings. The minimum Gasteiger partial charge on any atom is -0.508 e. The summed E-state index contributed by atoms with van der Waals surface area (Å²) in [5.74, 6) is 0.334. The third-order valence-electron chi connectivity index (χ3n) is 3.20. The third-order valence-corrected chi connectivity index (χ3v) is 3.20. The molecule has 4 heteroatoms. The average molecular weight is 221 g/mol. The third kappa shape index (κ3) is 2.28. The molecule has 2 rings (SSSR count). The Labute approximate surface area is 96.1 Å². The van der Waals surface area contributed by atoms with Crippen molar-refractivity contribution < 1.29 is 5.11 Å². The summed E-state index contributed by atoms with van der Waals surface area (Å²) < 4.78 is 0. The second-order valence-electron chi connectivity index (χ2n) is 4.28. The quantitative estimate of drug-likeness (QED) is 0.514. The van der Waals surface area contributed by atoms with E-state index < -0.39 is 0 Å². The maximum absolute atomic E-state index is 9.84. The van der Waals surface area contributed by atoms with Crippen LogP contribution < -0.4 is 11.1 Å². The highest BCUT2D eigenvalue weighted by Gasteiger charge is 2.20. The number of hydrogen-bond acceptors (Lipinski definition) is 4. The van der Waals surface area contributed by atoms with Crippen LogP contribution in [0.5, 0.6) is 5.75 Å². The maximum atomic E-state index is 9.84. The number of nitrogens with zero attached hydrogens (tertiary/aromatic N) is 1. The van der Waals surface area contributed by atoms with Gasteiger partial charge in [0, 0.05) is 43.5 Å². The van der Waals surface area contributed by atoms with Gasteiger partial charge >= 0.3 is 0 Å². The van der Waals surface area contributed by atoms with Crippen molar-refractivity contribution >= 4 is 5.69 Å². The number of piperazine rings is 1. The zero-order valence-electron chi connectivity index (χ0n) is 9.61. The number of nitrogen functional groups attached to an aromatic ring is 1. The van der Waals surface area contributed by atoms with Crippen molar-refractivity contribution in [3.05, 3.63) is 23.8 Å². The van der Waals surface area contributed by atoms with Crippen LogP contribution >= 0.6 is 0 Å². The van der Waals surface area contributed by atoms with Gasteiger partial charge in [-0.15, -0.1) is 0 Å². The molecule has 0 bridgehead atoms. The van der Waals surface area contributed by atoms with Crippen molar-refractivity contribution in [2.24, 2.45) is 0 Å². The molecule has 0 radical (unpaired) electrons. The van der Waals surface area contributed by atoms with Crippen LogP contribution in [0.3, 0.4) is 0 Å². The summed E-state index contributed by atoms with van der Waals surface area (Å²) in [6.07, 6.45) is 0. The van der Waals surface area contributed by atoms with Gasteiger partial charge in [-0.2, -0.15) is 0 Å². The standard InChI is InChI=1S/C12H19N3O/c1-9(15-6-4-14-5-7-15)11-8-10(13)2-3-12(11)16/h2-3,8-9,14,16H,4-7,13H2,1H3. The largest absolute Gasteiger partial charge is 0.508 e. The maximum Gasteiger partial charge on any atom is 0.120 e. The van der Waals surface area contributed by atoms with Gasteiger partial charge in [0.25, 0.3) is 0 Å². The van der Waals surface area contributed by atoms with Gasteiger partial charge in [-0.3, -0.25) is 4.90 Å². The molecule has 1 atom stereocenters. The fourth-order valence-corrected chi connectivity index (χ4v) is 2.17. The SMILES string of the molecule is CC(c1cc(N)ccc1O)N1CCNCC1. The molecule has 16 heavy (non-hydrogen) atoms. The summed E-state index contributed by atoms with van der Waals surface area (Å²) in [5, 5.41) is 13.2. The predicted octanol–water partition coefficient (Wildman–Crippen LogP) is 0.941. The van der Waals surface area contributed by atoms with E-state index in [0.717, 1.165) is 31.7 Å². The van der Waals surface area contributed by atoms with Crippen molar-refractivity contribution in [1.82, 2.24) is 10.2 Å². The van der Waals surface area contributed by atoms with Crippen molar-refractivity contribution in [2.75, 3.05) is 31.9 Å². The first-order valence-electron chi connectivity index (χ1n) is 5.71. The lowest BCUT2D eigenvalue weighted by atomic mass is 10.0. The van der Waals surface area contributed by atoms with E-state index in [4.69, 9.17) is 5.73 Å². The summed E-state index contributed by atoms with van der Waals surface area (Å²) in [6.45, 7) is 6.14. The lowest BCUT2D eigenvalue weighted by molar-refractivity contribution is 0.183. The molecule has 4 nitrogen and oxygen atoms in total. The molecular formula is C12H19N3O. The number of anilines is 1. The molecule has 0 saturated carbocycles. The van der Waals surface area contributed by atoms with Crippen LogP contribution in [0.2, 0.25) is 0 Å². The van der Waals surface area contributed by atoms with Gasteiger partial charge in [-0.05, 0) is 25.1 Å². The number of hydrogen-bond donors (Lipinski definition) is 3. The summed E-state index contributed by atoms with van der Waals surface area (Å²) in [4.78, 5) is 2.35. The van der Waals surface area contributed by atoms with Crippen LogP contribution in [-0.2, 0) is 0 Å². The number of phenols is 1. The van der Waals surface area contributed by atoms with Crippen LogP contribution in [0.15, 0.2) is 18.2 Å². The minimum absolute atomic E-state index is 0.214. The molecule has 1 fully saturated rings. The summed E-state index contributed by atoms with van der Waals surface area (Å²) in [7, 11) is 0. The van der Waals surface area contributed by atoms with E-state index in [1.807, 2.05) is 6.07 Å². The molecule has 1 aromatic carbocycles. The second kappa shape index (κ2) is 4.72. The van der Waals surface area contributed by atoms with Gasteiger partial charge in [-0.25, -0.2) is 0 Å². The van der Waals surface area contributed by atoms with Gasteiger partial charge in [-0.1, -0.05) is 0 Å². The van der Waals surface area contributed by atoms with E-state index >= 15 is 0 Å². The van der Waals surface area contributed by atoms with Gasteiger partial charge in [0.05, 0.1) is 0 Å². The molecule has 1 heterocycles. The van der Waals surface area contributed by atoms with Crippen LogP contribution in [-0.4, -0.2) is 36.2 Å². The Morgan fingerprint density at radius 2 is 2.06 bits per heavy atom. The lowest BCUT2D eigenvalue weighted by Gasteiger charge is -2.33. The molecule has 1 saturated heterocycles. The van der Waals surface area contributed by atoms with E-state index in [1.165, 1.54) is 0 Å². The zero-order valence-corrected chi connectivity index (χ0v) is 9.61. The molecule has 0 amide bonds. The Hall–Kier alpha value is -1.26. The van der Waals surface area contributed by atoms with Gasteiger partial charge in [0.15, 0.2) is 0 Å². The van der Waals surface area contributed by atoms with E-state index in [2.05, 4.69) is 17.1 Å². The Balaban J connectivity index is 2.18. The zero-order chi connectivity index (χ0) is 11.5. The molecule has 0 aliphatic carbocycles. The monoisotopic (exact) mass is 221 g/mol. The van der Waals surface area contributed by atoms with Crippen LogP contribution in [0.1, 0.15) is 18.5 Å². The number of rotatable bonds is 2. The summed E-state index contributed by atoms with van der Waals surface area (Å²) in [5.41, 5.74) is 7.37. The fourth-order valence-electron chi connectivity index (χ4n) is 2.17. The van der Waals surface area contributed by atoms with Crippen LogP contribution in [0.4, 0.5) is 5.69 Å². The van der Waals surface area contributed by atoms with Crippen LogP contribution in [0, 0.1) is 0 Å². The number of nitrogens with two attached hydrogens (primary N) is 1. The van der Waals surface area contributed by atoms with Crippen LogP contribution in [0.25, 0.3) is 0 Å². The highest BCUT2D eigenvalue weighted by atomic mass is 16.3. The fraction of sp³-hybridized carbons (Fsp3) is 0.500. The Kier molecular flexibility index (Phi) is 3.31. The average Bonchev–Trinajstić information content (AvgIpc) is 2.32. The lowest BCUT2D eigenvalue weighted by Crippen LogP contribution is -2.44. The first-order chi connectivity index (χ1) is 7.68.